The molecule has 3 rings (SSSR count). The van der Waals surface area contributed by atoms with Crippen molar-refractivity contribution in [3.05, 3.63) is 53.4 Å². The Hall–Kier alpha value is -2.28. The summed E-state index contributed by atoms with van der Waals surface area (Å²) in [5, 5.41) is 7.00. The molecule has 0 saturated carbocycles. The first-order valence-corrected chi connectivity index (χ1v) is 7.96. The lowest BCUT2D eigenvalue weighted by Gasteiger charge is -2.33. The van der Waals surface area contributed by atoms with Crippen LogP contribution in [0.4, 0.5) is 8.78 Å². The number of aromatic nitrogens is 2. The molecule has 0 radical (unpaired) electrons. The highest BCUT2D eigenvalue weighted by atomic mass is 19.1. The number of rotatable bonds is 4. The number of halogens is 2. The van der Waals surface area contributed by atoms with Crippen LogP contribution in [0.2, 0.25) is 0 Å². The summed E-state index contributed by atoms with van der Waals surface area (Å²) in [5.41, 5.74) is 1.13. The zero-order chi connectivity index (χ0) is 17.1. The number of nitrogens with one attached hydrogen (secondary N) is 1. The fourth-order valence-corrected chi connectivity index (χ4v) is 3.08. The highest BCUT2D eigenvalue weighted by Gasteiger charge is 2.22. The first kappa shape index (κ1) is 16.6. The number of amides is 1. The lowest BCUT2D eigenvalue weighted by molar-refractivity contribution is 0.0900. The molecule has 1 aromatic heterocycles. The third-order valence-electron chi connectivity index (χ3n) is 4.14. The van der Waals surface area contributed by atoms with Gasteiger partial charge in [0.1, 0.15) is 11.6 Å². The molecule has 1 aromatic carbocycles. The minimum absolute atomic E-state index is 0.0184. The van der Waals surface area contributed by atoms with E-state index in [0.717, 1.165) is 25.5 Å². The number of aryl methyl sites for hydroxylation is 1. The van der Waals surface area contributed by atoms with Crippen LogP contribution in [0.5, 0.6) is 0 Å². The predicted molar refractivity (Wildman–Crippen MR) is 85.3 cm³/mol. The molecule has 1 N–H and O–H groups in total. The van der Waals surface area contributed by atoms with Gasteiger partial charge < -0.3 is 5.32 Å². The van der Waals surface area contributed by atoms with E-state index in [1.165, 1.54) is 18.3 Å². The van der Waals surface area contributed by atoms with E-state index < -0.39 is 11.6 Å². The lowest BCUT2D eigenvalue weighted by atomic mass is 10.0. The predicted octanol–water partition coefficient (Wildman–Crippen LogP) is 2.09. The number of carbonyl (C=O) groups is 1. The molecule has 0 bridgehead atoms. The maximum absolute atomic E-state index is 13.3. The molecule has 1 atom stereocenters. The molecule has 24 heavy (non-hydrogen) atoms. The monoisotopic (exact) mass is 334 g/mol. The van der Waals surface area contributed by atoms with Crippen molar-refractivity contribution in [2.75, 3.05) is 13.1 Å². The Morgan fingerprint density at radius 3 is 2.75 bits per heavy atom. The summed E-state index contributed by atoms with van der Waals surface area (Å²) < 4.78 is 28.2. The second-order valence-corrected chi connectivity index (χ2v) is 6.23. The molecule has 1 aliphatic heterocycles. The molecular weight excluding hydrogens is 314 g/mol. The number of nitrogens with zero attached hydrogens (tertiary/aromatic N) is 3. The average Bonchev–Trinajstić information content (AvgIpc) is 2.93. The van der Waals surface area contributed by atoms with Crippen molar-refractivity contribution in [1.29, 1.82) is 0 Å². The minimum atomic E-state index is -0.566. The van der Waals surface area contributed by atoms with Gasteiger partial charge in [-0.15, -0.1) is 0 Å². The number of carbonyl (C=O) groups excluding carboxylic acids is 1. The van der Waals surface area contributed by atoms with Crippen molar-refractivity contribution in [2.45, 2.75) is 25.4 Å². The first-order valence-electron chi connectivity index (χ1n) is 7.96. The van der Waals surface area contributed by atoms with Crippen LogP contribution in [0.1, 0.15) is 28.8 Å². The summed E-state index contributed by atoms with van der Waals surface area (Å²) in [6.07, 6.45) is 5.02. The summed E-state index contributed by atoms with van der Waals surface area (Å²) in [5.74, 6) is -1.28. The van der Waals surface area contributed by atoms with Crippen LogP contribution in [0.25, 0.3) is 0 Å². The van der Waals surface area contributed by atoms with Gasteiger partial charge in [-0.3, -0.25) is 14.4 Å². The molecule has 1 saturated heterocycles. The van der Waals surface area contributed by atoms with Crippen LogP contribution in [0.3, 0.4) is 0 Å². The van der Waals surface area contributed by atoms with E-state index in [1.807, 2.05) is 0 Å². The molecule has 2 aromatic rings. The van der Waals surface area contributed by atoms with Gasteiger partial charge in [-0.1, -0.05) is 0 Å². The first-order chi connectivity index (χ1) is 11.5. The summed E-state index contributed by atoms with van der Waals surface area (Å²) in [7, 11) is 1.76. The van der Waals surface area contributed by atoms with Crippen LogP contribution in [-0.2, 0) is 13.6 Å². The van der Waals surface area contributed by atoms with Crippen LogP contribution in [0, 0.1) is 11.6 Å². The maximum Gasteiger partial charge on any atom is 0.254 e. The molecule has 7 heteroatoms. The zero-order valence-electron chi connectivity index (χ0n) is 13.5. The summed E-state index contributed by atoms with van der Waals surface area (Å²) >= 11 is 0. The fourth-order valence-electron chi connectivity index (χ4n) is 3.08. The van der Waals surface area contributed by atoms with Gasteiger partial charge in [0.05, 0.1) is 11.8 Å². The molecular formula is C17H20F2N4O. The van der Waals surface area contributed by atoms with Gasteiger partial charge in [0.15, 0.2) is 0 Å². The normalized spacial score (nSPS) is 18.5. The molecule has 1 aliphatic rings. The maximum atomic E-state index is 13.3. The molecule has 5 nitrogen and oxygen atoms in total. The van der Waals surface area contributed by atoms with Crippen molar-refractivity contribution in [1.82, 2.24) is 20.0 Å². The fraction of sp³-hybridized carbons (Fsp3) is 0.412. The van der Waals surface area contributed by atoms with Crippen molar-refractivity contribution >= 4 is 5.91 Å². The van der Waals surface area contributed by atoms with Crippen LogP contribution < -0.4 is 5.32 Å². The van der Waals surface area contributed by atoms with Gasteiger partial charge >= 0.3 is 0 Å². The van der Waals surface area contributed by atoms with Crippen molar-refractivity contribution in [3.63, 3.8) is 0 Å². The van der Waals surface area contributed by atoms with E-state index in [4.69, 9.17) is 0 Å². The van der Waals surface area contributed by atoms with Crippen molar-refractivity contribution < 1.29 is 13.6 Å². The van der Waals surface area contributed by atoms with Crippen LogP contribution in [0.15, 0.2) is 30.6 Å². The second-order valence-electron chi connectivity index (χ2n) is 6.23. The lowest BCUT2D eigenvalue weighted by Crippen LogP contribution is -2.47. The molecule has 2 heterocycles. The van der Waals surface area contributed by atoms with E-state index in [2.05, 4.69) is 15.3 Å². The van der Waals surface area contributed by atoms with Crippen LogP contribution in [-0.4, -0.2) is 39.7 Å². The van der Waals surface area contributed by atoms with E-state index >= 15 is 0 Å². The number of hydrogen-bond acceptors (Lipinski definition) is 3. The van der Waals surface area contributed by atoms with Gasteiger partial charge in [0.25, 0.3) is 5.91 Å². The average molecular weight is 334 g/mol. The molecule has 1 fully saturated rings. The van der Waals surface area contributed by atoms with Crippen molar-refractivity contribution in [3.8, 4) is 0 Å². The summed E-state index contributed by atoms with van der Waals surface area (Å²) in [6.45, 7) is 1.97. The Balaban J connectivity index is 1.58. The number of likely N-dealkylation sites (tertiary alicyclic amines) is 1. The van der Waals surface area contributed by atoms with Crippen LogP contribution >= 0.6 is 0 Å². The summed E-state index contributed by atoms with van der Waals surface area (Å²) in [4.78, 5) is 14.3. The van der Waals surface area contributed by atoms with Gasteiger partial charge in [-0.2, -0.15) is 5.10 Å². The van der Waals surface area contributed by atoms with E-state index in [-0.39, 0.29) is 11.9 Å². The van der Waals surface area contributed by atoms with Crippen molar-refractivity contribution in [2.24, 2.45) is 7.05 Å². The SMILES string of the molecule is Cn1cc(C(=O)NC2CCCN(Cc3cc(F)cc(F)c3)C2)cn1. The standard InChI is InChI=1S/C17H20F2N4O/c1-22-10-13(8-20-22)17(24)21-16-3-2-4-23(11-16)9-12-5-14(18)7-15(19)6-12/h5-8,10,16H,2-4,9,11H2,1H3,(H,21,24). The Labute approximate surface area is 139 Å². The largest absolute Gasteiger partial charge is 0.348 e. The third-order valence-corrected chi connectivity index (χ3v) is 4.14. The summed E-state index contributed by atoms with van der Waals surface area (Å²) in [6, 6.07) is 3.59. The van der Waals surface area contributed by atoms with E-state index in [1.54, 1.807) is 17.9 Å². The Kier molecular flexibility index (Phi) is 4.89. The highest BCUT2D eigenvalue weighted by molar-refractivity contribution is 5.93. The van der Waals surface area contributed by atoms with Gasteiger partial charge in [0.2, 0.25) is 0 Å². The highest BCUT2D eigenvalue weighted by Crippen LogP contribution is 2.16. The number of piperidine rings is 1. The molecule has 0 spiro atoms. The Morgan fingerprint density at radius 2 is 2.08 bits per heavy atom. The second kappa shape index (κ2) is 7.09. The van der Waals surface area contributed by atoms with Gasteiger partial charge in [-0.05, 0) is 37.1 Å². The number of benzene rings is 1. The van der Waals surface area contributed by atoms with Gasteiger partial charge in [-0.25, -0.2) is 8.78 Å². The topological polar surface area (TPSA) is 50.2 Å². The number of hydrogen-bond donors (Lipinski definition) is 1. The Bertz CT molecular complexity index is 711. The quantitative estimate of drug-likeness (QED) is 0.931. The smallest absolute Gasteiger partial charge is 0.254 e. The Morgan fingerprint density at radius 1 is 1.33 bits per heavy atom. The zero-order valence-corrected chi connectivity index (χ0v) is 13.5. The van der Waals surface area contributed by atoms with E-state index in [9.17, 15) is 13.6 Å². The van der Waals surface area contributed by atoms with Gasteiger partial charge in [0, 0.05) is 38.4 Å². The third kappa shape index (κ3) is 4.17. The molecule has 1 unspecified atom stereocenters. The molecule has 1 amide bonds. The van der Waals surface area contributed by atoms with E-state index in [0.29, 0.717) is 24.2 Å². The molecule has 0 aliphatic carbocycles. The minimum Gasteiger partial charge on any atom is -0.348 e. The molecule has 128 valence electrons.